The highest BCUT2D eigenvalue weighted by molar-refractivity contribution is 6.75. The Bertz CT molecular complexity index is 170. The lowest BCUT2D eigenvalue weighted by Crippen LogP contribution is -2.53. The molecule has 0 fully saturated rings. The zero-order valence-electron chi connectivity index (χ0n) is 7.63. The minimum Gasteiger partial charge on any atom is -0.326 e. The van der Waals surface area contributed by atoms with Gasteiger partial charge in [-0.1, -0.05) is 19.6 Å². The van der Waals surface area contributed by atoms with Crippen molar-refractivity contribution in [3.63, 3.8) is 0 Å². The number of hydrazine groups is 1. The Morgan fingerprint density at radius 3 is 2.18 bits per heavy atom. The first kappa shape index (κ1) is 10.3. The number of hydrogen-bond acceptors (Lipinski definition) is 3. The number of rotatable bonds is 2. The first-order valence-electron chi connectivity index (χ1n) is 3.45. The molecule has 64 valence electrons. The van der Waals surface area contributed by atoms with Crippen molar-refractivity contribution in [2.75, 3.05) is 0 Å². The van der Waals surface area contributed by atoms with Crippen molar-refractivity contribution in [3.05, 3.63) is 0 Å². The monoisotopic (exact) mass is 172 g/mol. The molecule has 0 heterocycles. The fourth-order valence-electron chi connectivity index (χ4n) is 0.636. The Morgan fingerprint density at radius 2 is 1.91 bits per heavy atom. The van der Waals surface area contributed by atoms with E-state index in [1.807, 2.05) is 6.92 Å². The quantitative estimate of drug-likeness (QED) is 0.222. The molecule has 0 radical (unpaired) electrons. The summed E-state index contributed by atoms with van der Waals surface area (Å²) in [6, 6.07) is 0. The van der Waals surface area contributed by atoms with E-state index in [-0.39, 0.29) is 0 Å². The van der Waals surface area contributed by atoms with Crippen LogP contribution >= 0.6 is 0 Å². The summed E-state index contributed by atoms with van der Waals surface area (Å²) in [5, 5.41) is 7.17. The Morgan fingerprint density at radius 1 is 1.45 bits per heavy atom. The van der Waals surface area contributed by atoms with Gasteiger partial charge in [-0.3, -0.25) is 5.84 Å². The van der Waals surface area contributed by atoms with Gasteiger partial charge >= 0.3 is 0 Å². The van der Waals surface area contributed by atoms with Crippen LogP contribution in [0.4, 0.5) is 0 Å². The SMILES string of the molecule is C=N/N=C(/C)N(N)[Si](C)(C)C. The van der Waals surface area contributed by atoms with Crippen LogP contribution in [0.25, 0.3) is 0 Å². The fraction of sp³-hybridized carbons (Fsp3) is 0.667. The Labute approximate surface area is 68.9 Å². The van der Waals surface area contributed by atoms with Crippen LogP contribution in [0.1, 0.15) is 6.92 Å². The summed E-state index contributed by atoms with van der Waals surface area (Å²) in [5.74, 6) is 6.48. The van der Waals surface area contributed by atoms with Gasteiger partial charge in [-0.25, -0.2) is 0 Å². The zero-order chi connectivity index (χ0) is 9.07. The van der Waals surface area contributed by atoms with Crippen molar-refractivity contribution in [2.24, 2.45) is 16.0 Å². The summed E-state index contributed by atoms with van der Waals surface area (Å²) >= 11 is 0. The molecule has 0 aliphatic heterocycles. The van der Waals surface area contributed by atoms with E-state index in [4.69, 9.17) is 5.84 Å². The first-order valence-corrected chi connectivity index (χ1v) is 6.89. The number of nitrogens with zero attached hydrogens (tertiary/aromatic N) is 3. The number of nitrogens with two attached hydrogens (primary N) is 1. The summed E-state index contributed by atoms with van der Waals surface area (Å²) < 4.78 is 1.70. The molecular weight excluding hydrogens is 156 g/mol. The summed E-state index contributed by atoms with van der Waals surface area (Å²) in [4.78, 5) is 0. The molecule has 0 spiro atoms. The Kier molecular flexibility index (Phi) is 3.41. The molecule has 2 N–H and O–H groups in total. The van der Waals surface area contributed by atoms with E-state index in [0.29, 0.717) is 0 Å². The topological polar surface area (TPSA) is 54.0 Å². The van der Waals surface area contributed by atoms with Gasteiger partial charge in [-0.15, -0.1) is 5.10 Å². The maximum atomic E-state index is 5.76. The van der Waals surface area contributed by atoms with Crippen molar-refractivity contribution in [2.45, 2.75) is 26.6 Å². The van der Waals surface area contributed by atoms with Crippen LogP contribution < -0.4 is 5.84 Å². The predicted octanol–water partition coefficient (Wildman–Crippen LogP) is 1.03. The smallest absolute Gasteiger partial charge is 0.168 e. The second-order valence-corrected chi connectivity index (χ2v) is 8.15. The molecule has 0 aromatic carbocycles. The molecule has 0 aliphatic rings. The van der Waals surface area contributed by atoms with E-state index in [0.717, 1.165) is 5.84 Å². The number of amidine groups is 1. The lowest BCUT2D eigenvalue weighted by Gasteiger charge is -2.29. The molecule has 5 heteroatoms. The summed E-state index contributed by atoms with van der Waals surface area (Å²) in [6.45, 7) is 11.5. The van der Waals surface area contributed by atoms with E-state index in [2.05, 4.69) is 36.6 Å². The van der Waals surface area contributed by atoms with Crippen LogP contribution in [0.3, 0.4) is 0 Å². The van der Waals surface area contributed by atoms with E-state index in [9.17, 15) is 0 Å². The second kappa shape index (κ2) is 3.63. The zero-order valence-corrected chi connectivity index (χ0v) is 8.63. The molecule has 0 saturated heterocycles. The van der Waals surface area contributed by atoms with Crippen molar-refractivity contribution >= 4 is 20.8 Å². The van der Waals surface area contributed by atoms with Gasteiger partial charge < -0.3 is 4.67 Å². The van der Waals surface area contributed by atoms with Gasteiger partial charge in [0, 0.05) is 6.72 Å². The minimum atomic E-state index is -1.47. The van der Waals surface area contributed by atoms with Gasteiger partial charge in [-0.2, -0.15) is 5.10 Å². The van der Waals surface area contributed by atoms with Gasteiger partial charge in [0.2, 0.25) is 0 Å². The van der Waals surface area contributed by atoms with E-state index >= 15 is 0 Å². The van der Waals surface area contributed by atoms with Gasteiger partial charge in [0.15, 0.2) is 8.24 Å². The number of hydrogen-bond donors (Lipinski definition) is 1. The summed E-state index contributed by atoms with van der Waals surface area (Å²) in [6.07, 6.45) is 0. The summed E-state index contributed by atoms with van der Waals surface area (Å²) in [5.41, 5.74) is 0. The van der Waals surface area contributed by atoms with Gasteiger partial charge in [0.05, 0.1) is 0 Å². The maximum Gasteiger partial charge on any atom is 0.168 e. The third kappa shape index (κ3) is 3.29. The highest BCUT2D eigenvalue weighted by atomic mass is 28.3. The average Bonchev–Trinajstić information content (AvgIpc) is 1.85. The van der Waals surface area contributed by atoms with Crippen molar-refractivity contribution in [1.82, 2.24) is 4.67 Å². The van der Waals surface area contributed by atoms with E-state index in [1.165, 1.54) is 0 Å². The van der Waals surface area contributed by atoms with Crippen LogP contribution in [0.5, 0.6) is 0 Å². The molecule has 0 unspecified atom stereocenters. The molecule has 0 saturated carbocycles. The molecule has 0 atom stereocenters. The first-order chi connectivity index (χ1) is 4.89. The lowest BCUT2D eigenvalue weighted by molar-refractivity contribution is 0.650. The normalized spacial score (nSPS) is 13.0. The largest absolute Gasteiger partial charge is 0.326 e. The predicted molar refractivity (Wildman–Crippen MR) is 52.0 cm³/mol. The molecule has 0 aliphatic carbocycles. The van der Waals surface area contributed by atoms with Crippen LogP contribution in [-0.2, 0) is 0 Å². The van der Waals surface area contributed by atoms with Crippen molar-refractivity contribution in [3.8, 4) is 0 Å². The van der Waals surface area contributed by atoms with E-state index < -0.39 is 8.24 Å². The second-order valence-electron chi connectivity index (χ2n) is 3.33. The van der Waals surface area contributed by atoms with E-state index in [1.54, 1.807) is 4.67 Å². The van der Waals surface area contributed by atoms with Crippen LogP contribution in [0.2, 0.25) is 19.6 Å². The van der Waals surface area contributed by atoms with Gasteiger partial charge in [0.25, 0.3) is 0 Å². The molecule has 0 rings (SSSR count). The highest BCUT2D eigenvalue weighted by Gasteiger charge is 2.21. The maximum absolute atomic E-state index is 5.76. The third-order valence-corrected chi connectivity index (χ3v) is 3.06. The summed E-state index contributed by atoms with van der Waals surface area (Å²) in [7, 11) is -1.47. The Balaban J connectivity index is 4.36. The van der Waals surface area contributed by atoms with Gasteiger partial charge in [-0.05, 0) is 6.92 Å². The van der Waals surface area contributed by atoms with Crippen LogP contribution in [0, 0.1) is 0 Å². The average molecular weight is 172 g/mol. The Hall–Kier alpha value is -0.683. The van der Waals surface area contributed by atoms with Crippen LogP contribution in [0.15, 0.2) is 10.2 Å². The molecule has 4 nitrogen and oxygen atoms in total. The standard InChI is InChI=1S/C6H16N4Si/c1-6(9-8-2)10(7)11(3,4)5/h2,7H2,1,3-5H3/b9-6-. The molecule has 11 heavy (non-hydrogen) atoms. The molecule has 0 aromatic rings. The lowest BCUT2D eigenvalue weighted by atomic mass is 10.7. The fourth-order valence-corrected chi connectivity index (χ4v) is 1.65. The molecule has 0 aromatic heterocycles. The molecular formula is C6H16N4Si. The van der Waals surface area contributed by atoms with Crippen molar-refractivity contribution in [1.29, 1.82) is 0 Å². The molecule has 0 amide bonds. The third-order valence-electron chi connectivity index (χ3n) is 1.29. The highest BCUT2D eigenvalue weighted by Crippen LogP contribution is 2.04. The van der Waals surface area contributed by atoms with Crippen LogP contribution in [-0.4, -0.2) is 25.5 Å². The minimum absolute atomic E-state index is 0.721. The van der Waals surface area contributed by atoms with Crippen molar-refractivity contribution < 1.29 is 0 Å². The van der Waals surface area contributed by atoms with Gasteiger partial charge in [0.1, 0.15) is 5.84 Å². The molecule has 0 bridgehead atoms.